The molecule has 0 fully saturated rings. The first-order valence-corrected chi connectivity index (χ1v) is 27.2. The van der Waals surface area contributed by atoms with Crippen LogP contribution in [0.2, 0.25) is 0 Å². The smallest absolute Gasteiger partial charge is 0.0593 e. The molecule has 0 saturated heterocycles. The van der Waals surface area contributed by atoms with Crippen molar-refractivity contribution in [1.82, 2.24) is 9.80 Å². The van der Waals surface area contributed by atoms with Crippen molar-refractivity contribution in [2.24, 2.45) is 0 Å². The zero-order valence-electron chi connectivity index (χ0n) is 40.4. The fourth-order valence-electron chi connectivity index (χ4n) is 9.12. The fourth-order valence-corrected chi connectivity index (χ4v) is 9.12. The quantitative estimate of drug-likeness (QED) is 0.0447. The van der Waals surface area contributed by atoms with Crippen LogP contribution in [0.3, 0.4) is 0 Å². The predicted molar refractivity (Wildman–Crippen MR) is 258 cm³/mol. The van der Waals surface area contributed by atoms with Crippen molar-refractivity contribution in [2.45, 2.75) is 323 Å². The number of nitrogens with zero attached hydrogens (tertiary/aromatic N) is 2. The molecule has 0 spiro atoms. The van der Waals surface area contributed by atoms with Crippen molar-refractivity contribution < 1.29 is 0 Å². The van der Waals surface area contributed by atoms with Crippen LogP contribution in [-0.2, 0) is 0 Å². The van der Waals surface area contributed by atoms with Gasteiger partial charge >= 0.3 is 0 Å². The van der Waals surface area contributed by atoms with Gasteiger partial charge in [0.25, 0.3) is 0 Å². The molecule has 0 amide bonds. The van der Waals surface area contributed by atoms with Crippen molar-refractivity contribution in [3.63, 3.8) is 0 Å². The van der Waals surface area contributed by atoms with Gasteiger partial charge in [-0.25, -0.2) is 0 Å². The molecule has 0 aromatic carbocycles. The Labute approximate surface area is 358 Å². The molecule has 0 radical (unpaired) electrons. The first kappa shape index (κ1) is 55.9. The van der Waals surface area contributed by atoms with Crippen LogP contribution in [0.1, 0.15) is 317 Å². The zero-order chi connectivity index (χ0) is 40.7. The van der Waals surface area contributed by atoms with Crippen molar-refractivity contribution in [3.05, 3.63) is 0 Å². The molecule has 0 N–H and O–H groups in total. The van der Waals surface area contributed by atoms with Crippen LogP contribution >= 0.6 is 0 Å². The summed E-state index contributed by atoms with van der Waals surface area (Å²) >= 11 is 0. The molecule has 0 aromatic rings. The molecule has 0 aromatic heterocycles. The largest absolute Gasteiger partial charge is 0.288 e. The Morgan fingerprint density at radius 1 is 0.196 bits per heavy atom. The molecule has 56 heavy (non-hydrogen) atoms. The van der Waals surface area contributed by atoms with E-state index in [4.69, 9.17) is 0 Å². The molecule has 2 nitrogen and oxygen atoms in total. The summed E-state index contributed by atoms with van der Waals surface area (Å²) in [4.78, 5) is 5.91. The second kappa shape index (κ2) is 49.3. The maximum absolute atomic E-state index is 2.96. The number of hydrogen-bond donors (Lipinski definition) is 0. The van der Waals surface area contributed by atoms with E-state index < -0.39 is 0 Å². The maximum Gasteiger partial charge on any atom is 0.0593 e. The van der Waals surface area contributed by atoms with Gasteiger partial charge in [-0.3, -0.25) is 9.80 Å². The van der Waals surface area contributed by atoms with Crippen LogP contribution in [0.5, 0.6) is 0 Å². The molecule has 0 unspecified atom stereocenters. The van der Waals surface area contributed by atoms with Gasteiger partial charge in [-0.05, 0) is 58.8 Å². The number of unbranched alkanes of at least 4 members (excludes halogenated alkanes) is 40. The lowest BCUT2D eigenvalue weighted by Gasteiger charge is -2.38. The summed E-state index contributed by atoms with van der Waals surface area (Å²) in [5.74, 6) is 0. The lowest BCUT2D eigenvalue weighted by atomic mass is 10.0. The van der Waals surface area contributed by atoms with Gasteiger partial charge in [0.15, 0.2) is 0 Å². The lowest BCUT2D eigenvalue weighted by Crippen LogP contribution is -2.48. The summed E-state index contributed by atoms with van der Waals surface area (Å²) in [6.45, 7) is 17.2. The minimum atomic E-state index is 0.604. The average Bonchev–Trinajstić information content (AvgIpc) is 3.21. The predicted octanol–water partition coefficient (Wildman–Crippen LogP) is 19.2. The SMILES string of the molecule is CCCCCCCCCCCCCN(CCCCCCCCCCCCC)C(C)N(CCCCCCCCCCCCC)CCCCCCCCCCCCC. The third-order valence-electron chi connectivity index (χ3n) is 13.3. The summed E-state index contributed by atoms with van der Waals surface area (Å²) in [7, 11) is 0. The molecule has 0 aliphatic carbocycles. The molecule has 0 heterocycles. The van der Waals surface area contributed by atoms with Crippen LogP contribution in [0.4, 0.5) is 0 Å². The highest BCUT2D eigenvalue weighted by Gasteiger charge is 2.20. The van der Waals surface area contributed by atoms with Crippen LogP contribution in [0.15, 0.2) is 0 Å². The Kier molecular flexibility index (Phi) is 49.2. The molecule has 0 aliphatic rings. The van der Waals surface area contributed by atoms with E-state index >= 15 is 0 Å². The third-order valence-corrected chi connectivity index (χ3v) is 13.3. The van der Waals surface area contributed by atoms with Gasteiger partial charge in [-0.2, -0.15) is 0 Å². The topological polar surface area (TPSA) is 6.48 Å². The molecule has 0 aliphatic heterocycles. The molecular formula is C54H112N2. The highest BCUT2D eigenvalue weighted by molar-refractivity contribution is 4.72. The maximum atomic E-state index is 2.96. The summed E-state index contributed by atoms with van der Waals surface area (Å²) < 4.78 is 0. The third kappa shape index (κ3) is 42.1. The average molecular weight is 790 g/mol. The molecule has 338 valence electrons. The monoisotopic (exact) mass is 789 g/mol. The van der Waals surface area contributed by atoms with E-state index in [0.717, 1.165) is 0 Å². The Hall–Kier alpha value is -0.0800. The standard InChI is InChI=1S/C54H112N2/c1-6-10-14-18-22-26-30-34-38-42-46-50-55(51-47-43-39-35-31-27-23-19-15-11-7-2)54(5)56(52-48-44-40-36-32-28-24-20-16-12-8-3)53-49-45-41-37-33-29-25-21-17-13-9-4/h54H,6-53H2,1-5H3. The van der Waals surface area contributed by atoms with Gasteiger partial charge < -0.3 is 0 Å². The van der Waals surface area contributed by atoms with Crippen molar-refractivity contribution in [1.29, 1.82) is 0 Å². The Morgan fingerprint density at radius 3 is 0.464 bits per heavy atom. The molecule has 0 saturated carbocycles. The number of rotatable bonds is 50. The molecule has 0 rings (SSSR count). The van der Waals surface area contributed by atoms with E-state index in [1.54, 1.807) is 0 Å². The minimum Gasteiger partial charge on any atom is -0.288 e. The fraction of sp³-hybridized carbons (Fsp3) is 1.00. The second-order valence-corrected chi connectivity index (χ2v) is 18.8. The minimum absolute atomic E-state index is 0.604. The van der Waals surface area contributed by atoms with Gasteiger partial charge in [0.1, 0.15) is 0 Å². The number of hydrogen-bond acceptors (Lipinski definition) is 2. The summed E-state index contributed by atoms with van der Waals surface area (Å²) in [6.07, 6.45) is 64.2. The molecule has 0 atom stereocenters. The molecule has 0 bridgehead atoms. The normalized spacial score (nSPS) is 12.0. The van der Waals surface area contributed by atoms with Gasteiger partial charge in [-0.15, -0.1) is 0 Å². The van der Waals surface area contributed by atoms with E-state index in [-0.39, 0.29) is 0 Å². The highest BCUT2D eigenvalue weighted by atomic mass is 15.3. The highest BCUT2D eigenvalue weighted by Crippen LogP contribution is 2.19. The summed E-state index contributed by atoms with van der Waals surface area (Å²) in [6, 6.07) is 0. The lowest BCUT2D eigenvalue weighted by molar-refractivity contribution is 0.0486. The van der Waals surface area contributed by atoms with Crippen LogP contribution < -0.4 is 0 Å². The second-order valence-electron chi connectivity index (χ2n) is 18.8. The van der Waals surface area contributed by atoms with Crippen molar-refractivity contribution in [3.8, 4) is 0 Å². The summed E-state index contributed by atoms with van der Waals surface area (Å²) in [5.41, 5.74) is 0. The van der Waals surface area contributed by atoms with Gasteiger partial charge in [0, 0.05) is 0 Å². The van der Waals surface area contributed by atoms with Crippen LogP contribution in [-0.4, -0.2) is 42.1 Å². The van der Waals surface area contributed by atoms with Gasteiger partial charge in [0.2, 0.25) is 0 Å². The van der Waals surface area contributed by atoms with Crippen LogP contribution in [0, 0.1) is 0 Å². The Bertz CT molecular complexity index is 569. The Balaban J connectivity index is 4.94. The van der Waals surface area contributed by atoms with Crippen molar-refractivity contribution >= 4 is 0 Å². The van der Waals surface area contributed by atoms with E-state index in [9.17, 15) is 0 Å². The molecule has 2 heteroatoms. The van der Waals surface area contributed by atoms with Crippen molar-refractivity contribution in [2.75, 3.05) is 26.2 Å². The first-order valence-electron chi connectivity index (χ1n) is 27.2. The first-order chi connectivity index (χ1) is 27.7. The van der Waals surface area contributed by atoms with E-state index in [1.807, 2.05) is 0 Å². The van der Waals surface area contributed by atoms with E-state index in [0.29, 0.717) is 6.17 Å². The van der Waals surface area contributed by atoms with Gasteiger partial charge in [-0.1, -0.05) is 285 Å². The van der Waals surface area contributed by atoms with E-state index in [2.05, 4.69) is 44.4 Å². The zero-order valence-corrected chi connectivity index (χ0v) is 40.4. The molecular weight excluding hydrogens is 677 g/mol. The Morgan fingerprint density at radius 2 is 0.321 bits per heavy atom. The van der Waals surface area contributed by atoms with E-state index in [1.165, 1.54) is 309 Å². The van der Waals surface area contributed by atoms with Gasteiger partial charge in [0.05, 0.1) is 6.17 Å². The summed E-state index contributed by atoms with van der Waals surface area (Å²) in [5, 5.41) is 0. The van der Waals surface area contributed by atoms with Crippen LogP contribution in [0.25, 0.3) is 0 Å².